The van der Waals surface area contributed by atoms with Gasteiger partial charge < -0.3 is 10.5 Å². The van der Waals surface area contributed by atoms with Crippen LogP contribution in [0.2, 0.25) is 0 Å². The number of cyclic esters (lactones) is 1. The molecule has 0 bridgehead atoms. The van der Waals surface area contributed by atoms with E-state index in [2.05, 4.69) is 4.74 Å². The van der Waals surface area contributed by atoms with Gasteiger partial charge in [0.25, 0.3) is 0 Å². The second kappa shape index (κ2) is 2.69. The third-order valence-electron chi connectivity index (χ3n) is 0.742. The molecule has 0 radical (unpaired) electrons. The van der Waals surface area contributed by atoms with Crippen molar-refractivity contribution in [3.05, 3.63) is 12.3 Å². The minimum absolute atomic E-state index is 0. The summed E-state index contributed by atoms with van der Waals surface area (Å²) in [6.45, 7) is 0. The van der Waals surface area contributed by atoms with Gasteiger partial charge in [0, 0.05) is 0 Å². The first kappa shape index (κ1) is 7.46. The predicted octanol–water partition coefficient (Wildman–Crippen LogP) is -0.194. The molecule has 0 fully saturated rings. The Hall–Kier alpha value is -0.540. The maximum absolute atomic E-state index is 10.2. The van der Waals surface area contributed by atoms with E-state index in [-0.39, 0.29) is 18.4 Å². The van der Waals surface area contributed by atoms with Crippen LogP contribution in [0.1, 0.15) is 0 Å². The number of ether oxygens (including phenoxy) is 1. The smallest absolute Gasteiger partial charge is 0.331 e. The van der Waals surface area contributed by atoms with Crippen LogP contribution in [0.15, 0.2) is 12.3 Å². The van der Waals surface area contributed by atoms with Gasteiger partial charge in [0.15, 0.2) is 0 Å². The van der Waals surface area contributed by atoms with E-state index < -0.39 is 6.04 Å². The van der Waals surface area contributed by atoms with Gasteiger partial charge in [-0.2, -0.15) is 0 Å². The summed E-state index contributed by atoms with van der Waals surface area (Å²) in [5.74, 6) is -0.375. The Balaban J connectivity index is 0.000000490. The van der Waals surface area contributed by atoms with Crippen molar-refractivity contribution in [3.63, 3.8) is 0 Å². The number of hydrogen-bond donors (Lipinski definition) is 1. The van der Waals surface area contributed by atoms with Gasteiger partial charge in [0.1, 0.15) is 6.04 Å². The number of carbonyl (C=O) groups excluding carboxylic acids is 1. The van der Waals surface area contributed by atoms with Crippen LogP contribution in [0, 0.1) is 0 Å². The molecule has 46 valence electrons. The van der Waals surface area contributed by atoms with Crippen LogP contribution >= 0.6 is 12.4 Å². The van der Waals surface area contributed by atoms with Gasteiger partial charge in [0.05, 0.1) is 6.26 Å². The number of carbonyl (C=O) groups is 1. The summed E-state index contributed by atoms with van der Waals surface area (Å²) in [5, 5.41) is 0. The Kier molecular flexibility index (Phi) is 2.51. The molecule has 1 aliphatic heterocycles. The monoisotopic (exact) mass is 135 g/mol. The average molecular weight is 136 g/mol. The minimum atomic E-state index is -0.528. The van der Waals surface area contributed by atoms with Gasteiger partial charge in [-0.25, -0.2) is 4.79 Å². The number of rotatable bonds is 0. The van der Waals surface area contributed by atoms with Crippen molar-refractivity contribution in [1.29, 1.82) is 0 Å². The van der Waals surface area contributed by atoms with Crippen LogP contribution in [-0.2, 0) is 9.53 Å². The molecule has 8 heavy (non-hydrogen) atoms. The van der Waals surface area contributed by atoms with Gasteiger partial charge in [0.2, 0.25) is 0 Å². The van der Waals surface area contributed by atoms with Gasteiger partial charge in [-0.05, 0) is 6.08 Å². The molecular formula is C4H6ClNO2. The summed E-state index contributed by atoms with van der Waals surface area (Å²) in [5.41, 5.74) is 5.12. The Labute approximate surface area is 52.9 Å². The summed E-state index contributed by atoms with van der Waals surface area (Å²) in [7, 11) is 0. The molecule has 1 heterocycles. The Morgan fingerprint density at radius 2 is 2.38 bits per heavy atom. The van der Waals surface area contributed by atoms with Crippen LogP contribution in [0.4, 0.5) is 0 Å². The molecule has 3 nitrogen and oxygen atoms in total. The Bertz CT molecular complexity index is 123. The fraction of sp³-hybridized carbons (Fsp3) is 0.250. The van der Waals surface area contributed by atoms with Crippen molar-refractivity contribution in [2.75, 3.05) is 0 Å². The SMILES string of the molecule is Cl.N[C@H]1C=COC1=O. The van der Waals surface area contributed by atoms with Crippen LogP contribution in [0.5, 0.6) is 0 Å². The molecule has 0 saturated carbocycles. The van der Waals surface area contributed by atoms with E-state index in [1.165, 1.54) is 12.3 Å². The highest BCUT2D eigenvalue weighted by molar-refractivity contribution is 5.85. The van der Waals surface area contributed by atoms with E-state index in [1.807, 2.05) is 0 Å². The second-order valence-electron chi connectivity index (χ2n) is 1.29. The zero-order chi connectivity index (χ0) is 5.28. The molecule has 0 aromatic rings. The molecule has 0 aromatic carbocycles. The first-order chi connectivity index (χ1) is 3.30. The third-order valence-corrected chi connectivity index (χ3v) is 0.742. The molecule has 0 saturated heterocycles. The van der Waals surface area contributed by atoms with Gasteiger partial charge in [-0.15, -0.1) is 12.4 Å². The molecule has 4 heteroatoms. The molecule has 1 atom stereocenters. The largest absolute Gasteiger partial charge is 0.433 e. The molecule has 0 aliphatic carbocycles. The highest BCUT2D eigenvalue weighted by atomic mass is 35.5. The molecule has 1 rings (SSSR count). The first-order valence-electron chi connectivity index (χ1n) is 1.93. The van der Waals surface area contributed by atoms with Crippen molar-refractivity contribution in [3.8, 4) is 0 Å². The Morgan fingerprint density at radius 3 is 2.50 bits per heavy atom. The van der Waals surface area contributed by atoms with E-state index in [4.69, 9.17) is 5.73 Å². The molecule has 0 aromatic heterocycles. The van der Waals surface area contributed by atoms with Crippen LogP contribution in [-0.4, -0.2) is 12.0 Å². The quantitative estimate of drug-likeness (QED) is 0.469. The summed E-state index contributed by atoms with van der Waals surface area (Å²) in [4.78, 5) is 10.2. The highest BCUT2D eigenvalue weighted by Gasteiger charge is 2.14. The van der Waals surface area contributed by atoms with Crippen molar-refractivity contribution >= 4 is 18.4 Å². The maximum Gasteiger partial charge on any atom is 0.331 e. The lowest BCUT2D eigenvalue weighted by molar-refractivity contribution is -0.136. The predicted molar refractivity (Wildman–Crippen MR) is 30.5 cm³/mol. The van der Waals surface area contributed by atoms with E-state index in [9.17, 15) is 4.79 Å². The summed E-state index contributed by atoms with van der Waals surface area (Å²) < 4.78 is 4.32. The Morgan fingerprint density at radius 1 is 1.75 bits per heavy atom. The van der Waals surface area contributed by atoms with E-state index in [0.29, 0.717) is 0 Å². The van der Waals surface area contributed by atoms with Crippen molar-refractivity contribution in [2.24, 2.45) is 5.73 Å². The number of nitrogens with two attached hydrogens (primary N) is 1. The topological polar surface area (TPSA) is 52.3 Å². The van der Waals surface area contributed by atoms with Crippen LogP contribution in [0.3, 0.4) is 0 Å². The zero-order valence-electron chi connectivity index (χ0n) is 4.03. The third kappa shape index (κ3) is 1.21. The van der Waals surface area contributed by atoms with Crippen LogP contribution in [0.25, 0.3) is 0 Å². The molecule has 0 unspecified atom stereocenters. The van der Waals surface area contributed by atoms with E-state index >= 15 is 0 Å². The zero-order valence-corrected chi connectivity index (χ0v) is 4.85. The number of halogens is 1. The highest BCUT2D eigenvalue weighted by Crippen LogP contribution is 1.96. The molecule has 0 amide bonds. The lowest BCUT2D eigenvalue weighted by Gasteiger charge is -1.89. The van der Waals surface area contributed by atoms with Crippen LogP contribution < -0.4 is 5.73 Å². The van der Waals surface area contributed by atoms with Gasteiger partial charge >= 0.3 is 5.97 Å². The normalized spacial score (nSPS) is 24.6. The number of hydrogen-bond acceptors (Lipinski definition) is 3. The van der Waals surface area contributed by atoms with E-state index in [0.717, 1.165) is 0 Å². The maximum atomic E-state index is 10.2. The van der Waals surface area contributed by atoms with Gasteiger partial charge in [-0.3, -0.25) is 0 Å². The molecule has 2 N–H and O–H groups in total. The fourth-order valence-electron chi connectivity index (χ4n) is 0.348. The van der Waals surface area contributed by atoms with Crippen molar-refractivity contribution < 1.29 is 9.53 Å². The second-order valence-corrected chi connectivity index (χ2v) is 1.29. The summed E-state index contributed by atoms with van der Waals surface area (Å²) in [6, 6.07) is -0.528. The van der Waals surface area contributed by atoms with E-state index in [1.54, 1.807) is 0 Å². The summed E-state index contributed by atoms with van der Waals surface area (Å²) >= 11 is 0. The lowest BCUT2D eigenvalue weighted by atomic mass is 10.3. The van der Waals surface area contributed by atoms with Gasteiger partial charge in [-0.1, -0.05) is 0 Å². The molecule has 0 spiro atoms. The van der Waals surface area contributed by atoms with Crippen molar-refractivity contribution in [2.45, 2.75) is 6.04 Å². The van der Waals surface area contributed by atoms with Crippen molar-refractivity contribution in [1.82, 2.24) is 0 Å². The molecule has 1 aliphatic rings. The molecular weight excluding hydrogens is 130 g/mol. The first-order valence-corrected chi connectivity index (χ1v) is 1.93. The number of esters is 1. The summed E-state index contributed by atoms with van der Waals surface area (Å²) in [6.07, 6.45) is 2.80. The standard InChI is InChI=1S/C4H5NO2.ClH/c5-3-1-2-7-4(3)6;/h1-3H,5H2;1H/t3-;/m0./s1. The average Bonchev–Trinajstić information content (AvgIpc) is 1.91. The fourth-order valence-corrected chi connectivity index (χ4v) is 0.348. The lowest BCUT2D eigenvalue weighted by Crippen LogP contribution is -2.24. The minimum Gasteiger partial charge on any atom is -0.433 e.